The van der Waals surface area contributed by atoms with Crippen LogP contribution in [0.2, 0.25) is 0 Å². The van der Waals surface area contributed by atoms with Crippen molar-refractivity contribution in [2.24, 2.45) is 11.8 Å². The fraction of sp³-hybridized carbons (Fsp3) is 0.536. The Hall–Kier alpha value is -3.09. The molecule has 7 nitrogen and oxygen atoms in total. The topological polar surface area (TPSA) is 90.9 Å². The number of ketones is 1. The van der Waals surface area contributed by atoms with Crippen LogP contribution in [0.1, 0.15) is 70.8 Å². The van der Waals surface area contributed by atoms with Gasteiger partial charge in [-0.2, -0.15) is 0 Å². The molecule has 4 rings (SSSR count). The van der Waals surface area contributed by atoms with Gasteiger partial charge in [0.2, 0.25) is 0 Å². The molecule has 1 aromatic rings. The van der Waals surface area contributed by atoms with Gasteiger partial charge in [0.25, 0.3) is 0 Å². The Labute approximate surface area is 206 Å². The Bertz CT molecular complexity index is 1060. The van der Waals surface area contributed by atoms with Gasteiger partial charge in [-0.1, -0.05) is 31.5 Å². The van der Waals surface area contributed by atoms with Crippen LogP contribution < -0.4 is 10.1 Å². The van der Waals surface area contributed by atoms with E-state index in [0.29, 0.717) is 41.2 Å². The van der Waals surface area contributed by atoms with E-state index in [1.807, 2.05) is 45.0 Å². The quantitative estimate of drug-likeness (QED) is 0.470. The molecule has 188 valence electrons. The number of Topliss-reactive ketones (excluding diaryl/α,β-unsaturated/α-hetero) is 1. The fourth-order valence-electron chi connectivity index (χ4n) is 5.67. The standard InChI is InChI=1S/C28H35NO6/c1-5-34-21-14-10-9-13-19(21)24-23(28(32)35-18-11-7-6-8-12-18)17(3)29-20-15-16(2)22(27(31)33-4)26(30)25(20)24/h9-10,13-14,16,18,22,24,29H,5-8,11-12,15H2,1-4H3/t16-,22-,24-/m0/s1. The van der Waals surface area contributed by atoms with E-state index >= 15 is 0 Å². The lowest BCUT2D eigenvalue weighted by Gasteiger charge is -2.39. The molecule has 0 amide bonds. The summed E-state index contributed by atoms with van der Waals surface area (Å²) in [7, 11) is 1.30. The molecule has 0 aromatic heterocycles. The smallest absolute Gasteiger partial charge is 0.337 e. The minimum Gasteiger partial charge on any atom is -0.494 e. The van der Waals surface area contributed by atoms with E-state index in [0.717, 1.165) is 37.8 Å². The Morgan fingerprint density at radius 3 is 2.51 bits per heavy atom. The second-order valence-electron chi connectivity index (χ2n) is 9.67. The summed E-state index contributed by atoms with van der Waals surface area (Å²) in [5, 5.41) is 3.32. The van der Waals surface area contributed by atoms with Gasteiger partial charge < -0.3 is 19.5 Å². The molecule has 3 aliphatic rings. The number of allylic oxidation sites excluding steroid dienone is 3. The zero-order chi connectivity index (χ0) is 25.1. The van der Waals surface area contributed by atoms with Crippen LogP contribution in [-0.2, 0) is 23.9 Å². The van der Waals surface area contributed by atoms with Crippen molar-refractivity contribution in [3.05, 3.63) is 52.4 Å². The van der Waals surface area contributed by atoms with Crippen molar-refractivity contribution < 1.29 is 28.6 Å². The number of hydrogen-bond acceptors (Lipinski definition) is 7. The number of nitrogens with one attached hydrogen (secondary N) is 1. The van der Waals surface area contributed by atoms with Crippen LogP contribution in [0.15, 0.2) is 46.8 Å². The van der Waals surface area contributed by atoms with Crippen LogP contribution in [0, 0.1) is 11.8 Å². The molecular weight excluding hydrogens is 446 g/mol. The molecule has 3 atom stereocenters. The van der Waals surface area contributed by atoms with Crippen LogP contribution in [-0.4, -0.2) is 37.5 Å². The lowest BCUT2D eigenvalue weighted by molar-refractivity contribution is -0.151. The zero-order valence-corrected chi connectivity index (χ0v) is 21.0. The number of dihydropyridines is 1. The van der Waals surface area contributed by atoms with E-state index in [1.54, 1.807) is 0 Å². The summed E-state index contributed by atoms with van der Waals surface area (Å²) in [6.45, 7) is 6.05. The highest BCUT2D eigenvalue weighted by Gasteiger charge is 2.48. The summed E-state index contributed by atoms with van der Waals surface area (Å²) in [6.07, 6.45) is 5.30. The van der Waals surface area contributed by atoms with Gasteiger partial charge in [0.15, 0.2) is 5.78 Å². The van der Waals surface area contributed by atoms with Gasteiger partial charge in [-0.25, -0.2) is 4.79 Å². The maximum atomic E-state index is 13.9. The number of benzene rings is 1. The SMILES string of the molecule is CCOc1ccccc1[C@H]1C(C(=O)OC2CCCCC2)=C(C)NC2=C1C(=O)[C@@H](C(=O)OC)[C@@H](C)C2. The Balaban J connectivity index is 1.82. The average molecular weight is 482 g/mol. The molecule has 1 aliphatic heterocycles. The van der Waals surface area contributed by atoms with Crippen LogP contribution in [0.4, 0.5) is 0 Å². The molecule has 1 aromatic carbocycles. The summed E-state index contributed by atoms with van der Waals surface area (Å²) in [5.41, 5.74) is 2.94. The Morgan fingerprint density at radius 1 is 1.11 bits per heavy atom. The maximum Gasteiger partial charge on any atom is 0.337 e. The molecule has 1 N–H and O–H groups in total. The number of carbonyl (C=O) groups is 3. The fourth-order valence-corrected chi connectivity index (χ4v) is 5.67. The first kappa shape index (κ1) is 25.0. The van der Waals surface area contributed by atoms with Gasteiger partial charge in [0.1, 0.15) is 17.8 Å². The van der Waals surface area contributed by atoms with Crippen molar-refractivity contribution in [1.82, 2.24) is 5.32 Å². The molecule has 2 aliphatic carbocycles. The minimum absolute atomic E-state index is 0.125. The predicted molar refractivity (Wildman–Crippen MR) is 130 cm³/mol. The molecule has 0 bridgehead atoms. The van der Waals surface area contributed by atoms with Gasteiger partial charge in [0.05, 0.1) is 25.2 Å². The number of rotatable bonds is 6. The summed E-state index contributed by atoms with van der Waals surface area (Å²) in [5.74, 6) is -2.54. The highest BCUT2D eigenvalue weighted by atomic mass is 16.5. The van der Waals surface area contributed by atoms with Gasteiger partial charge in [0, 0.05) is 22.5 Å². The van der Waals surface area contributed by atoms with E-state index in [2.05, 4.69) is 5.32 Å². The number of hydrogen-bond donors (Lipinski definition) is 1. The van der Waals surface area contributed by atoms with Gasteiger partial charge in [-0.05, 0) is 57.9 Å². The summed E-state index contributed by atoms with van der Waals surface area (Å²) in [4.78, 5) is 40.1. The lowest BCUT2D eigenvalue weighted by atomic mass is 9.69. The van der Waals surface area contributed by atoms with E-state index in [9.17, 15) is 14.4 Å². The molecule has 35 heavy (non-hydrogen) atoms. The van der Waals surface area contributed by atoms with Crippen molar-refractivity contribution in [3.63, 3.8) is 0 Å². The normalized spacial score (nSPS) is 25.0. The summed E-state index contributed by atoms with van der Waals surface area (Å²) in [6, 6.07) is 7.45. The molecule has 1 fully saturated rings. The molecule has 1 saturated carbocycles. The van der Waals surface area contributed by atoms with E-state index < -0.39 is 23.8 Å². The van der Waals surface area contributed by atoms with Crippen molar-refractivity contribution in [1.29, 1.82) is 0 Å². The second-order valence-corrected chi connectivity index (χ2v) is 9.67. The molecule has 0 saturated heterocycles. The number of carbonyl (C=O) groups excluding carboxylic acids is 3. The largest absolute Gasteiger partial charge is 0.494 e. The van der Waals surface area contributed by atoms with Crippen molar-refractivity contribution in [2.75, 3.05) is 13.7 Å². The number of para-hydroxylation sites is 1. The Morgan fingerprint density at radius 2 is 1.83 bits per heavy atom. The molecular formula is C28H35NO6. The highest BCUT2D eigenvalue weighted by molar-refractivity contribution is 6.12. The number of methoxy groups -OCH3 is 1. The van der Waals surface area contributed by atoms with Crippen LogP contribution in [0.5, 0.6) is 5.75 Å². The number of ether oxygens (including phenoxy) is 3. The molecule has 1 heterocycles. The monoisotopic (exact) mass is 481 g/mol. The third-order valence-electron chi connectivity index (χ3n) is 7.32. The van der Waals surface area contributed by atoms with Crippen molar-refractivity contribution in [3.8, 4) is 5.75 Å². The van der Waals surface area contributed by atoms with E-state index in [-0.39, 0.29) is 17.8 Å². The van der Waals surface area contributed by atoms with Gasteiger partial charge in [-0.15, -0.1) is 0 Å². The molecule has 7 heteroatoms. The van der Waals surface area contributed by atoms with E-state index in [1.165, 1.54) is 7.11 Å². The Kier molecular flexibility index (Phi) is 7.63. The highest BCUT2D eigenvalue weighted by Crippen LogP contribution is 2.47. The van der Waals surface area contributed by atoms with Crippen LogP contribution >= 0.6 is 0 Å². The van der Waals surface area contributed by atoms with Crippen LogP contribution in [0.3, 0.4) is 0 Å². The molecule has 0 unspecified atom stereocenters. The lowest BCUT2D eigenvalue weighted by Crippen LogP contribution is -2.43. The van der Waals surface area contributed by atoms with Gasteiger partial charge in [-0.3, -0.25) is 9.59 Å². The summed E-state index contributed by atoms with van der Waals surface area (Å²) < 4.78 is 16.9. The van der Waals surface area contributed by atoms with Crippen molar-refractivity contribution >= 4 is 17.7 Å². The zero-order valence-electron chi connectivity index (χ0n) is 21.0. The second kappa shape index (κ2) is 10.7. The van der Waals surface area contributed by atoms with Crippen molar-refractivity contribution in [2.45, 2.75) is 71.3 Å². The number of esters is 2. The maximum absolute atomic E-state index is 13.9. The third-order valence-corrected chi connectivity index (χ3v) is 7.32. The summed E-state index contributed by atoms with van der Waals surface area (Å²) >= 11 is 0. The van der Waals surface area contributed by atoms with E-state index in [4.69, 9.17) is 14.2 Å². The first-order valence-electron chi connectivity index (χ1n) is 12.6. The first-order chi connectivity index (χ1) is 16.9. The average Bonchev–Trinajstić information content (AvgIpc) is 2.84. The molecule has 0 spiro atoms. The first-order valence-corrected chi connectivity index (χ1v) is 12.6. The van der Waals surface area contributed by atoms with Crippen LogP contribution in [0.25, 0.3) is 0 Å². The minimum atomic E-state index is -0.920. The predicted octanol–water partition coefficient (Wildman–Crippen LogP) is 4.57. The third kappa shape index (κ3) is 4.86. The van der Waals surface area contributed by atoms with Gasteiger partial charge >= 0.3 is 11.9 Å². The molecule has 0 radical (unpaired) electrons.